The number of anilines is 1. The number of benzene rings is 2. The number of carbonyl (C=O) groups is 2. The molecule has 2 aromatic carbocycles. The van der Waals surface area contributed by atoms with Crippen LogP contribution in [0.3, 0.4) is 0 Å². The molecule has 194 valence electrons. The van der Waals surface area contributed by atoms with E-state index in [1.165, 1.54) is 23.3 Å². The minimum absolute atomic E-state index is 0.128. The Labute approximate surface area is 226 Å². The Morgan fingerprint density at radius 2 is 1.71 bits per heavy atom. The van der Waals surface area contributed by atoms with Crippen LogP contribution in [0.4, 0.5) is 10.7 Å². The molecule has 0 radical (unpaired) electrons. The van der Waals surface area contributed by atoms with Crippen LogP contribution in [0.5, 0.6) is 0 Å². The van der Waals surface area contributed by atoms with Crippen LogP contribution in [-0.2, 0) is 12.8 Å². The Morgan fingerprint density at radius 3 is 2.45 bits per heavy atom. The summed E-state index contributed by atoms with van der Waals surface area (Å²) in [6.45, 7) is 4.10. The van der Waals surface area contributed by atoms with Gasteiger partial charge in [-0.05, 0) is 92.6 Å². The fraction of sp³-hybridized carbons (Fsp3) is 0.258. The number of fused-ring (bicyclic) bond motifs is 1. The fourth-order valence-corrected chi connectivity index (χ4v) is 5.95. The molecule has 0 unspecified atom stereocenters. The third-order valence-corrected chi connectivity index (χ3v) is 8.20. The molecule has 1 amide bonds. The molecule has 2 N–H and O–H groups in total. The zero-order valence-corrected chi connectivity index (χ0v) is 22.4. The first kappa shape index (κ1) is 25.7. The normalized spacial score (nSPS) is 13.6. The minimum atomic E-state index is -0.966. The summed E-state index contributed by atoms with van der Waals surface area (Å²) in [6.07, 6.45) is 8.08. The lowest BCUT2D eigenvalue weighted by Crippen LogP contribution is -2.14. The van der Waals surface area contributed by atoms with Crippen LogP contribution in [0, 0.1) is 13.8 Å². The van der Waals surface area contributed by atoms with Gasteiger partial charge < -0.3 is 14.8 Å². The lowest BCUT2D eigenvalue weighted by Gasteiger charge is -2.12. The van der Waals surface area contributed by atoms with Gasteiger partial charge in [-0.2, -0.15) is 0 Å². The number of hydrogen-bond acceptors (Lipinski definition) is 5. The van der Waals surface area contributed by atoms with Gasteiger partial charge in [0.05, 0.1) is 17.3 Å². The van der Waals surface area contributed by atoms with Gasteiger partial charge in [0.1, 0.15) is 16.5 Å². The summed E-state index contributed by atoms with van der Waals surface area (Å²) in [6, 6.07) is 16.2. The number of furan rings is 1. The van der Waals surface area contributed by atoms with Crippen molar-refractivity contribution in [3.63, 3.8) is 0 Å². The minimum Gasteiger partial charge on any atom is -0.478 e. The molecule has 0 atom stereocenters. The van der Waals surface area contributed by atoms with Crippen molar-refractivity contribution in [2.45, 2.75) is 52.4 Å². The van der Waals surface area contributed by atoms with E-state index in [-0.39, 0.29) is 11.5 Å². The number of thiophene rings is 1. The van der Waals surface area contributed by atoms with Crippen molar-refractivity contribution in [2.24, 2.45) is 4.99 Å². The van der Waals surface area contributed by atoms with Crippen LogP contribution in [0.2, 0.25) is 0 Å². The standard InChI is InChI=1S/C31H30N2O4S/c1-19-9-14-23(17-20(19)2)33-29(34)28-25-7-5-3-4-6-8-27(25)38-30(28)32-18-24-15-16-26(37-24)21-10-12-22(13-11-21)31(35)36/h9-18H,3-8H2,1-2H3,(H,33,34)(H,35,36). The average molecular weight is 527 g/mol. The smallest absolute Gasteiger partial charge is 0.335 e. The Hall–Kier alpha value is -3.97. The summed E-state index contributed by atoms with van der Waals surface area (Å²) in [5, 5.41) is 12.9. The van der Waals surface area contributed by atoms with E-state index >= 15 is 0 Å². The van der Waals surface area contributed by atoms with Crippen LogP contribution in [0.25, 0.3) is 11.3 Å². The van der Waals surface area contributed by atoms with Gasteiger partial charge in [-0.1, -0.05) is 31.0 Å². The molecule has 2 aromatic heterocycles. The molecule has 0 spiro atoms. The average Bonchev–Trinajstić information content (AvgIpc) is 3.49. The summed E-state index contributed by atoms with van der Waals surface area (Å²) in [4.78, 5) is 30.7. The molecule has 0 aliphatic heterocycles. The summed E-state index contributed by atoms with van der Waals surface area (Å²) < 4.78 is 5.96. The largest absolute Gasteiger partial charge is 0.478 e. The van der Waals surface area contributed by atoms with Crippen molar-refractivity contribution in [3.05, 3.63) is 93.1 Å². The quantitative estimate of drug-likeness (QED) is 0.249. The third kappa shape index (κ3) is 5.63. The van der Waals surface area contributed by atoms with Crippen LogP contribution < -0.4 is 5.32 Å². The number of rotatable bonds is 6. The third-order valence-electron chi connectivity index (χ3n) is 7.00. The highest BCUT2D eigenvalue weighted by molar-refractivity contribution is 7.16. The Kier molecular flexibility index (Phi) is 7.56. The van der Waals surface area contributed by atoms with Crippen LogP contribution in [0.1, 0.15) is 73.7 Å². The maximum Gasteiger partial charge on any atom is 0.335 e. The molecule has 7 heteroatoms. The van der Waals surface area contributed by atoms with E-state index < -0.39 is 5.97 Å². The van der Waals surface area contributed by atoms with E-state index in [2.05, 4.69) is 12.2 Å². The van der Waals surface area contributed by atoms with Crippen molar-refractivity contribution in [1.29, 1.82) is 0 Å². The molecule has 6 nitrogen and oxygen atoms in total. The topological polar surface area (TPSA) is 91.9 Å². The predicted molar refractivity (Wildman–Crippen MR) is 152 cm³/mol. The van der Waals surface area contributed by atoms with E-state index in [1.54, 1.807) is 41.8 Å². The monoisotopic (exact) mass is 526 g/mol. The number of hydrogen-bond donors (Lipinski definition) is 2. The van der Waals surface area contributed by atoms with Gasteiger partial charge in [-0.15, -0.1) is 11.3 Å². The molecule has 0 saturated heterocycles. The molecule has 0 fully saturated rings. The van der Waals surface area contributed by atoms with Gasteiger partial charge in [0, 0.05) is 16.1 Å². The first-order valence-corrected chi connectivity index (χ1v) is 13.7. The first-order valence-electron chi connectivity index (χ1n) is 12.9. The molecule has 5 rings (SSSR count). The molecular weight excluding hydrogens is 496 g/mol. The molecule has 0 saturated carbocycles. The highest BCUT2D eigenvalue weighted by Gasteiger charge is 2.24. The van der Waals surface area contributed by atoms with Gasteiger partial charge in [0.2, 0.25) is 0 Å². The van der Waals surface area contributed by atoms with E-state index in [0.717, 1.165) is 48.1 Å². The lowest BCUT2D eigenvalue weighted by molar-refractivity contribution is 0.0696. The predicted octanol–water partition coefficient (Wildman–Crippen LogP) is 7.99. The highest BCUT2D eigenvalue weighted by atomic mass is 32.1. The number of nitrogens with zero attached hydrogens (tertiary/aromatic N) is 1. The summed E-state index contributed by atoms with van der Waals surface area (Å²) in [7, 11) is 0. The van der Waals surface area contributed by atoms with Gasteiger partial charge in [-0.25, -0.2) is 9.79 Å². The van der Waals surface area contributed by atoms with Gasteiger partial charge >= 0.3 is 5.97 Å². The van der Waals surface area contributed by atoms with Crippen molar-refractivity contribution in [2.75, 3.05) is 5.32 Å². The van der Waals surface area contributed by atoms with Gasteiger partial charge in [0.15, 0.2) is 0 Å². The number of carbonyl (C=O) groups excluding carboxylic acids is 1. The number of carboxylic acid groups (broad SMARTS) is 1. The molecule has 1 aliphatic carbocycles. The number of carboxylic acids is 1. The van der Waals surface area contributed by atoms with Crippen LogP contribution in [0.15, 0.2) is 64.0 Å². The number of aromatic carboxylic acids is 1. The molecule has 0 bridgehead atoms. The van der Waals surface area contributed by atoms with E-state index in [1.807, 2.05) is 37.3 Å². The number of nitrogens with one attached hydrogen (secondary N) is 1. The van der Waals surface area contributed by atoms with Crippen molar-refractivity contribution in [3.8, 4) is 11.3 Å². The molecule has 38 heavy (non-hydrogen) atoms. The number of amides is 1. The Morgan fingerprint density at radius 1 is 0.947 bits per heavy atom. The molecule has 4 aromatic rings. The Balaban J connectivity index is 1.44. The lowest BCUT2D eigenvalue weighted by atomic mass is 9.96. The van der Waals surface area contributed by atoms with E-state index in [9.17, 15) is 9.59 Å². The molecule has 1 aliphatic rings. The van der Waals surface area contributed by atoms with Gasteiger partial charge in [0.25, 0.3) is 5.91 Å². The SMILES string of the molecule is Cc1ccc(NC(=O)c2c(N=Cc3ccc(-c4ccc(C(=O)O)cc4)o3)sc3c2CCCCCC3)cc1C. The molecular formula is C31H30N2O4S. The number of aryl methyl sites for hydroxylation is 3. The maximum atomic E-state index is 13.6. The zero-order chi connectivity index (χ0) is 26.6. The van der Waals surface area contributed by atoms with Crippen molar-refractivity contribution < 1.29 is 19.1 Å². The fourth-order valence-electron chi connectivity index (χ4n) is 4.72. The zero-order valence-electron chi connectivity index (χ0n) is 21.5. The van der Waals surface area contributed by atoms with Crippen molar-refractivity contribution >= 4 is 40.1 Å². The second-order valence-electron chi connectivity index (χ2n) is 9.69. The van der Waals surface area contributed by atoms with Crippen LogP contribution >= 0.6 is 11.3 Å². The molecule has 2 heterocycles. The van der Waals surface area contributed by atoms with Crippen molar-refractivity contribution in [1.82, 2.24) is 0 Å². The summed E-state index contributed by atoms with van der Waals surface area (Å²) in [5.41, 5.74) is 5.89. The highest BCUT2D eigenvalue weighted by Crippen LogP contribution is 2.39. The van der Waals surface area contributed by atoms with Gasteiger partial charge in [-0.3, -0.25) is 4.79 Å². The second-order valence-corrected chi connectivity index (χ2v) is 10.8. The summed E-state index contributed by atoms with van der Waals surface area (Å²) in [5.74, 6) is 0.0848. The van der Waals surface area contributed by atoms with Crippen LogP contribution in [-0.4, -0.2) is 23.2 Å². The first-order chi connectivity index (χ1) is 18.4. The van der Waals surface area contributed by atoms with E-state index in [4.69, 9.17) is 14.5 Å². The Bertz CT molecular complexity index is 1510. The maximum absolute atomic E-state index is 13.6. The van der Waals surface area contributed by atoms with E-state index in [0.29, 0.717) is 22.1 Å². The summed E-state index contributed by atoms with van der Waals surface area (Å²) >= 11 is 1.60. The second kappa shape index (κ2) is 11.2. The number of aliphatic imine (C=N–C) groups is 1.